The van der Waals surface area contributed by atoms with Crippen molar-refractivity contribution in [2.45, 2.75) is 27.2 Å². The van der Waals surface area contributed by atoms with Crippen LogP contribution < -0.4 is 0 Å². The van der Waals surface area contributed by atoms with Gasteiger partial charge in [0.1, 0.15) is 0 Å². The molecule has 0 amide bonds. The lowest BCUT2D eigenvalue weighted by atomic mass is 9.91. The molecule has 46 valence electrons. The molecule has 0 aromatic carbocycles. The Morgan fingerprint density at radius 3 is 2.25 bits per heavy atom. The van der Waals surface area contributed by atoms with Crippen molar-refractivity contribution >= 4 is 0 Å². The zero-order valence-electron chi connectivity index (χ0n) is 5.94. The smallest absolute Gasteiger partial charge is 0.0169 e. The first-order valence-corrected chi connectivity index (χ1v) is 3.29. The van der Waals surface area contributed by atoms with Crippen LogP contribution in [0.15, 0.2) is 12.2 Å². The van der Waals surface area contributed by atoms with E-state index in [1.807, 2.05) is 0 Å². The third-order valence-corrected chi connectivity index (χ3v) is 1.72. The van der Waals surface area contributed by atoms with Crippen molar-refractivity contribution in [2.24, 2.45) is 11.3 Å². The topological polar surface area (TPSA) is 0 Å². The summed E-state index contributed by atoms with van der Waals surface area (Å²) in [4.78, 5) is 0. The summed E-state index contributed by atoms with van der Waals surface area (Å²) in [6, 6.07) is 0. The third-order valence-electron chi connectivity index (χ3n) is 1.72. The van der Waals surface area contributed by atoms with Crippen molar-refractivity contribution in [3.8, 4) is 0 Å². The van der Waals surface area contributed by atoms with E-state index < -0.39 is 0 Å². The van der Waals surface area contributed by atoms with Gasteiger partial charge in [-0.15, -0.1) is 0 Å². The van der Waals surface area contributed by atoms with Gasteiger partial charge in [0, 0.05) is 0 Å². The molecule has 1 aliphatic carbocycles. The molecule has 0 bridgehead atoms. The van der Waals surface area contributed by atoms with Gasteiger partial charge in [-0.1, -0.05) is 32.9 Å². The number of rotatable bonds is 0. The van der Waals surface area contributed by atoms with Crippen LogP contribution in [0.1, 0.15) is 27.2 Å². The monoisotopic (exact) mass is 110 g/mol. The largest absolute Gasteiger partial charge is 0.0851 e. The lowest BCUT2D eigenvalue weighted by Gasteiger charge is -2.14. The highest BCUT2D eigenvalue weighted by molar-refractivity contribution is 5.05. The van der Waals surface area contributed by atoms with Crippen LogP contribution in [-0.2, 0) is 0 Å². The fourth-order valence-electron chi connectivity index (χ4n) is 1.39. The maximum atomic E-state index is 2.32. The van der Waals surface area contributed by atoms with Crippen LogP contribution in [0.4, 0.5) is 0 Å². The van der Waals surface area contributed by atoms with Gasteiger partial charge in [0.15, 0.2) is 0 Å². The predicted molar refractivity (Wildman–Crippen MR) is 36.7 cm³/mol. The van der Waals surface area contributed by atoms with Crippen molar-refractivity contribution in [1.29, 1.82) is 0 Å². The summed E-state index contributed by atoms with van der Waals surface area (Å²) >= 11 is 0. The van der Waals surface area contributed by atoms with Crippen LogP contribution in [0.25, 0.3) is 0 Å². The molecule has 0 aliphatic heterocycles. The first-order chi connectivity index (χ1) is 3.60. The molecule has 0 aromatic heterocycles. The van der Waals surface area contributed by atoms with Crippen molar-refractivity contribution in [1.82, 2.24) is 0 Å². The minimum atomic E-state index is 0.486. The lowest BCUT2D eigenvalue weighted by Crippen LogP contribution is -2.03. The van der Waals surface area contributed by atoms with Crippen LogP contribution in [0.3, 0.4) is 0 Å². The van der Waals surface area contributed by atoms with Crippen molar-refractivity contribution < 1.29 is 0 Å². The molecule has 0 radical (unpaired) electrons. The van der Waals surface area contributed by atoms with E-state index in [1.54, 1.807) is 0 Å². The standard InChI is InChI=1S/C8H14/c1-7-4-5-8(2,3)6-7/h4-5,7H,6H2,1-3H3/t7-/m1/s1. The molecule has 1 aliphatic rings. The first kappa shape index (κ1) is 5.87. The molecule has 0 heteroatoms. The molecule has 0 heterocycles. The van der Waals surface area contributed by atoms with Gasteiger partial charge in [-0.25, -0.2) is 0 Å². The van der Waals surface area contributed by atoms with E-state index in [0.717, 1.165) is 5.92 Å². The molecule has 0 saturated carbocycles. The van der Waals surface area contributed by atoms with Gasteiger partial charge in [-0.3, -0.25) is 0 Å². The zero-order chi connectivity index (χ0) is 6.20. The molecule has 0 fully saturated rings. The van der Waals surface area contributed by atoms with Gasteiger partial charge in [-0.2, -0.15) is 0 Å². The molecule has 0 unspecified atom stereocenters. The molecule has 0 N–H and O–H groups in total. The normalized spacial score (nSPS) is 33.6. The Morgan fingerprint density at radius 2 is 2.12 bits per heavy atom. The summed E-state index contributed by atoms with van der Waals surface area (Å²) in [5, 5.41) is 0. The van der Waals surface area contributed by atoms with E-state index in [-0.39, 0.29) is 0 Å². The fourth-order valence-corrected chi connectivity index (χ4v) is 1.39. The minimum Gasteiger partial charge on any atom is -0.0851 e. The van der Waals surface area contributed by atoms with Crippen LogP contribution in [-0.4, -0.2) is 0 Å². The average Bonchev–Trinajstić information content (AvgIpc) is 1.82. The summed E-state index contributed by atoms with van der Waals surface area (Å²) in [7, 11) is 0. The van der Waals surface area contributed by atoms with Gasteiger partial charge in [0.25, 0.3) is 0 Å². The average molecular weight is 110 g/mol. The molecule has 0 nitrogen and oxygen atoms in total. The third kappa shape index (κ3) is 1.12. The van der Waals surface area contributed by atoms with Crippen molar-refractivity contribution in [2.75, 3.05) is 0 Å². The Balaban J connectivity index is 2.58. The van der Waals surface area contributed by atoms with Crippen molar-refractivity contribution in [3.05, 3.63) is 12.2 Å². The number of hydrogen-bond acceptors (Lipinski definition) is 0. The van der Waals surface area contributed by atoms with Gasteiger partial charge >= 0.3 is 0 Å². The van der Waals surface area contributed by atoms with Crippen LogP contribution >= 0.6 is 0 Å². The summed E-state index contributed by atoms with van der Waals surface area (Å²) in [5.74, 6) is 0.810. The number of hydrogen-bond donors (Lipinski definition) is 0. The second-order valence-corrected chi connectivity index (χ2v) is 3.53. The summed E-state index contributed by atoms with van der Waals surface area (Å²) < 4.78 is 0. The summed E-state index contributed by atoms with van der Waals surface area (Å²) in [6.07, 6.45) is 5.95. The van der Waals surface area contributed by atoms with E-state index in [1.165, 1.54) is 6.42 Å². The maximum absolute atomic E-state index is 2.32. The van der Waals surface area contributed by atoms with E-state index in [0.29, 0.717) is 5.41 Å². The predicted octanol–water partition coefficient (Wildman–Crippen LogP) is 2.61. The van der Waals surface area contributed by atoms with Gasteiger partial charge in [0.05, 0.1) is 0 Å². The molecule has 0 aromatic rings. The molecule has 0 spiro atoms. The quantitative estimate of drug-likeness (QED) is 0.420. The Bertz CT molecular complexity index is 109. The maximum Gasteiger partial charge on any atom is -0.0169 e. The summed E-state index contributed by atoms with van der Waals surface area (Å²) in [5.41, 5.74) is 0.486. The second-order valence-electron chi connectivity index (χ2n) is 3.53. The molecular weight excluding hydrogens is 96.1 g/mol. The van der Waals surface area contributed by atoms with Gasteiger partial charge < -0.3 is 0 Å². The first-order valence-electron chi connectivity index (χ1n) is 3.29. The summed E-state index contributed by atoms with van der Waals surface area (Å²) in [6.45, 7) is 6.84. The zero-order valence-corrected chi connectivity index (χ0v) is 5.94. The van der Waals surface area contributed by atoms with E-state index in [2.05, 4.69) is 32.9 Å². The SMILES string of the molecule is C[C@@H]1C=CC(C)(C)C1. The van der Waals surface area contributed by atoms with E-state index >= 15 is 0 Å². The van der Waals surface area contributed by atoms with Crippen LogP contribution in [0, 0.1) is 11.3 Å². The Morgan fingerprint density at radius 1 is 1.50 bits per heavy atom. The fraction of sp³-hybridized carbons (Fsp3) is 0.750. The highest BCUT2D eigenvalue weighted by atomic mass is 14.3. The molecule has 0 saturated heterocycles. The number of allylic oxidation sites excluding steroid dienone is 2. The van der Waals surface area contributed by atoms with Crippen LogP contribution in [0.5, 0.6) is 0 Å². The molecule has 1 atom stereocenters. The molecule has 8 heavy (non-hydrogen) atoms. The van der Waals surface area contributed by atoms with E-state index in [9.17, 15) is 0 Å². The highest BCUT2D eigenvalue weighted by Gasteiger charge is 2.21. The molecule has 1 rings (SSSR count). The lowest BCUT2D eigenvalue weighted by molar-refractivity contribution is 0.423. The van der Waals surface area contributed by atoms with Gasteiger partial charge in [-0.05, 0) is 17.8 Å². The molecular formula is C8H14. The minimum absolute atomic E-state index is 0.486. The Labute approximate surface area is 51.6 Å². The van der Waals surface area contributed by atoms with E-state index in [4.69, 9.17) is 0 Å². The van der Waals surface area contributed by atoms with Crippen LogP contribution in [0.2, 0.25) is 0 Å². The Kier molecular flexibility index (Phi) is 1.18. The highest BCUT2D eigenvalue weighted by Crippen LogP contribution is 2.33. The Hall–Kier alpha value is -0.260. The van der Waals surface area contributed by atoms with Crippen molar-refractivity contribution in [3.63, 3.8) is 0 Å². The second kappa shape index (κ2) is 1.61. The van der Waals surface area contributed by atoms with Gasteiger partial charge in [0.2, 0.25) is 0 Å².